The Labute approximate surface area is 162 Å². The van der Waals surface area contributed by atoms with Gasteiger partial charge in [-0.2, -0.15) is 0 Å². The van der Waals surface area contributed by atoms with Crippen molar-refractivity contribution in [3.63, 3.8) is 0 Å². The maximum atomic E-state index is 12.4. The van der Waals surface area contributed by atoms with Gasteiger partial charge in [0.15, 0.2) is 11.9 Å². The molecule has 2 aromatic carbocycles. The largest absolute Gasteiger partial charge is 0.487 e. The molecule has 0 bridgehead atoms. The summed E-state index contributed by atoms with van der Waals surface area (Å²) in [5.74, 6) is -1.27. The standard InChI is InChI=1S/C20H22N2O6/c1-5-27-17-10-9-15(11-16(17)22(25)26)20(24)28-14(4)19(23)21-18-12(2)7-6-8-13(18)3/h6-11,14H,5H2,1-4H3,(H,21,23)/t14-/m0/s1. The lowest BCUT2D eigenvalue weighted by Gasteiger charge is -2.16. The van der Waals surface area contributed by atoms with E-state index in [4.69, 9.17) is 9.47 Å². The minimum atomic E-state index is -1.09. The number of benzene rings is 2. The number of ether oxygens (including phenoxy) is 2. The van der Waals surface area contributed by atoms with Crippen LogP contribution in [0.5, 0.6) is 5.75 Å². The van der Waals surface area contributed by atoms with Crippen LogP contribution in [0.2, 0.25) is 0 Å². The fraction of sp³-hybridized carbons (Fsp3) is 0.300. The summed E-state index contributed by atoms with van der Waals surface area (Å²) < 4.78 is 10.4. The summed E-state index contributed by atoms with van der Waals surface area (Å²) in [7, 11) is 0. The first kappa shape index (κ1) is 20.9. The highest BCUT2D eigenvalue weighted by atomic mass is 16.6. The quantitative estimate of drug-likeness (QED) is 0.441. The fourth-order valence-electron chi connectivity index (χ4n) is 2.58. The number of nitrogens with zero attached hydrogens (tertiary/aromatic N) is 1. The van der Waals surface area contributed by atoms with Gasteiger partial charge in [0.1, 0.15) is 0 Å². The van der Waals surface area contributed by atoms with Crippen molar-refractivity contribution in [3.05, 3.63) is 63.2 Å². The van der Waals surface area contributed by atoms with Crippen molar-refractivity contribution in [2.45, 2.75) is 33.8 Å². The van der Waals surface area contributed by atoms with E-state index in [1.807, 2.05) is 32.0 Å². The summed E-state index contributed by atoms with van der Waals surface area (Å²) in [5.41, 5.74) is 2.04. The number of esters is 1. The van der Waals surface area contributed by atoms with E-state index in [0.717, 1.165) is 17.2 Å². The van der Waals surface area contributed by atoms with Gasteiger partial charge in [0.05, 0.1) is 17.1 Å². The molecular formula is C20H22N2O6. The van der Waals surface area contributed by atoms with Gasteiger partial charge in [-0.25, -0.2) is 4.79 Å². The third-order valence-corrected chi connectivity index (χ3v) is 4.07. The number of para-hydroxylation sites is 1. The maximum Gasteiger partial charge on any atom is 0.339 e. The molecule has 0 aliphatic carbocycles. The maximum absolute atomic E-state index is 12.4. The molecule has 8 heteroatoms. The molecule has 0 aliphatic heterocycles. The molecule has 1 amide bonds. The number of aryl methyl sites for hydroxylation is 2. The molecule has 0 heterocycles. The van der Waals surface area contributed by atoms with Gasteiger partial charge < -0.3 is 14.8 Å². The van der Waals surface area contributed by atoms with Crippen LogP contribution in [0.3, 0.4) is 0 Å². The van der Waals surface area contributed by atoms with E-state index in [1.165, 1.54) is 19.1 Å². The molecule has 0 aliphatic rings. The summed E-state index contributed by atoms with van der Waals surface area (Å²) in [6, 6.07) is 9.36. The van der Waals surface area contributed by atoms with E-state index < -0.39 is 22.9 Å². The smallest absolute Gasteiger partial charge is 0.339 e. The molecule has 1 atom stereocenters. The van der Waals surface area contributed by atoms with Gasteiger partial charge >= 0.3 is 11.7 Å². The summed E-state index contributed by atoms with van der Waals surface area (Å²) >= 11 is 0. The number of nitro benzene ring substituents is 1. The highest BCUT2D eigenvalue weighted by molar-refractivity contribution is 5.98. The van der Waals surface area contributed by atoms with Gasteiger partial charge in [-0.15, -0.1) is 0 Å². The van der Waals surface area contributed by atoms with Crippen LogP contribution in [0, 0.1) is 24.0 Å². The van der Waals surface area contributed by atoms with Crippen LogP contribution in [-0.2, 0) is 9.53 Å². The number of nitro groups is 1. The Morgan fingerprint density at radius 3 is 2.39 bits per heavy atom. The number of hydrogen-bond acceptors (Lipinski definition) is 6. The van der Waals surface area contributed by atoms with Gasteiger partial charge in [0.25, 0.3) is 5.91 Å². The second-order valence-corrected chi connectivity index (χ2v) is 6.18. The second kappa shape index (κ2) is 8.98. The van der Waals surface area contributed by atoms with E-state index in [-0.39, 0.29) is 23.6 Å². The highest BCUT2D eigenvalue weighted by Crippen LogP contribution is 2.28. The first-order chi connectivity index (χ1) is 13.2. The Balaban J connectivity index is 2.12. The van der Waals surface area contributed by atoms with Crippen molar-refractivity contribution in [1.29, 1.82) is 0 Å². The Kier molecular flexibility index (Phi) is 6.70. The van der Waals surface area contributed by atoms with Crippen LogP contribution in [0.1, 0.15) is 35.3 Å². The molecule has 0 unspecified atom stereocenters. The number of amides is 1. The monoisotopic (exact) mass is 386 g/mol. The van der Waals surface area contributed by atoms with Gasteiger partial charge in [-0.05, 0) is 51.0 Å². The zero-order valence-electron chi connectivity index (χ0n) is 16.1. The molecule has 2 rings (SSSR count). The molecule has 2 aromatic rings. The number of rotatable bonds is 7. The van der Waals surface area contributed by atoms with Gasteiger partial charge in [-0.3, -0.25) is 14.9 Å². The third-order valence-electron chi connectivity index (χ3n) is 4.07. The Morgan fingerprint density at radius 2 is 1.82 bits per heavy atom. The Bertz CT molecular complexity index is 889. The SMILES string of the molecule is CCOc1ccc(C(=O)O[C@@H](C)C(=O)Nc2c(C)cccc2C)cc1[N+](=O)[O-]. The lowest BCUT2D eigenvalue weighted by molar-refractivity contribution is -0.385. The van der Waals surface area contributed by atoms with Crippen molar-refractivity contribution < 1.29 is 24.0 Å². The zero-order chi connectivity index (χ0) is 20.8. The predicted octanol–water partition coefficient (Wildman–Crippen LogP) is 3.79. The van der Waals surface area contributed by atoms with Crippen LogP contribution in [0.25, 0.3) is 0 Å². The molecule has 8 nitrogen and oxygen atoms in total. The van der Waals surface area contributed by atoms with Gasteiger partial charge in [0, 0.05) is 11.8 Å². The topological polar surface area (TPSA) is 108 Å². The van der Waals surface area contributed by atoms with E-state index in [0.29, 0.717) is 5.69 Å². The second-order valence-electron chi connectivity index (χ2n) is 6.18. The zero-order valence-corrected chi connectivity index (χ0v) is 16.1. The van der Waals surface area contributed by atoms with Crippen molar-refractivity contribution in [1.82, 2.24) is 0 Å². The van der Waals surface area contributed by atoms with E-state index in [2.05, 4.69) is 5.32 Å². The summed E-state index contributed by atoms with van der Waals surface area (Å²) in [5, 5.41) is 13.9. The molecule has 148 valence electrons. The summed E-state index contributed by atoms with van der Waals surface area (Å²) in [6.07, 6.45) is -1.09. The molecule has 28 heavy (non-hydrogen) atoms. The number of carbonyl (C=O) groups is 2. The van der Waals surface area contributed by atoms with Crippen LogP contribution in [0.4, 0.5) is 11.4 Å². The van der Waals surface area contributed by atoms with E-state index in [1.54, 1.807) is 6.92 Å². The predicted molar refractivity (Wildman–Crippen MR) is 104 cm³/mol. The minimum Gasteiger partial charge on any atom is -0.487 e. The lowest BCUT2D eigenvalue weighted by Crippen LogP contribution is -2.30. The Morgan fingerprint density at radius 1 is 1.18 bits per heavy atom. The molecule has 0 spiro atoms. The number of anilines is 1. The van der Waals surface area contributed by atoms with E-state index >= 15 is 0 Å². The van der Waals surface area contributed by atoms with E-state index in [9.17, 15) is 19.7 Å². The van der Waals surface area contributed by atoms with Crippen LogP contribution in [-0.4, -0.2) is 29.5 Å². The first-order valence-corrected chi connectivity index (χ1v) is 8.73. The van der Waals surface area contributed by atoms with Crippen molar-refractivity contribution in [2.24, 2.45) is 0 Å². The highest BCUT2D eigenvalue weighted by Gasteiger charge is 2.23. The van der Waals surface area contributed by atoms with Crippen LogP contribution < -0.4 is 10.1 Å². The molecule has 0 radical (unpaired) electrons. The third kappa shape index (κ3) is 4.85. The van der Waals surface area contributed by atoms with Crippen molar-refractivity contribution >= 4 is 23.3 Å². The molecule has 0 saturated heterocycles. The number of hydrogen-bond donors (Lipinski definition) is 1. The molecule has 1 N–H and O–H groups in total. The van der Waals surface area contributed by atoms with Gasteiger partial charge in [0.2, 0.25) is 0 Å². The lowest BCUT2D eigenvalue weighted by atomic mass is 10.1. The molecule has 0 aromatic heterocycles. The van der Waals surface area contributed by atoms with Gasteiger partial charge in [-0.1, -0.05) is 18.2 Å². The minimum absolute atomic E-state index is 0.0399. The number of nitrogens with one attached hydrogen (secondary N) is 1. The average molecular weight is 386 g/mol. The van der Waals surface area contributed by atoms with Crippen LogP contribution >= 0.6 is 0 Å². The Hall–Kier alpha value is -3.42. The summed E-state index contributed by atoms with van der Waals surface area (Å²) in [4.78, 5) is 35.2. The molecular weight excluding hydrogens is 364 g/mol. The number of carbonyl (C=O) groups excluding carboxylic acids is 2. The van der Waals surface area contributed by atoms with Crippen molar-refractivity contribution in [2.75, 3.05) is 11.9 Å². The summed E-state index contributed by atoms with van der Waals surface area (Å²) in [6.45, 7) is 7.10. The molecule has 0 fully saturated rings. The van der Waals surface area contributed by atoms with Crippen molar-refractivity contribution in [3.8, 4) is 5.75 Å². The molecule has 0 saturated carbocycles. The van der Waals surface area contributed by atoms with Crippen LogP contribution in [0.15, 0.2) is 36.4 Å². The fourth-order valence-corrected chi connectivity index (χ4v) is 2.58. The average Bonchev–Trinajstić information content (AvgIpc) is 2.64. The normalized spacial score (nSPS) is 11.4. The first-order valence-electron chi connectivity index (χ1n) is 8.73.